The van der Waals surface area contributed by atoms with Crippen LogP contribution in [0.1, 0.15) is 0 Å². The first kappa shape index (κ1) is 24.4. The van der Waals surface area contributed by atoms with Gasteiger partial charge in [0.2, 0.25) is 0 Å². The summed E-state index contributed by atoms with van der Waals surface area (Å²) in [5, 5.41) is 8.41. The molecule has 208 valence electrons. The molecule has 0 aliphatic heterocycles. The molecule has 0 saturated carbocycles. The van der Waals surface area contributed by atoms with Crippen molar-refractivity contribution in [3.8, 4) is 22.3 Å². The van der Waals surface area contributed by atoms with Gasteiger partial charge in [-0.3, -0.25) is 4.40 Å². The molecule has 3 heteroatoms. The van der Waals surface area contributed by atoms with E-state index in [1.807, 2.05) is 0 Å². The molecule has 0 unspecified atom stereocenters. The molecule has 0 N–H and O–H groups in total. The minimum absolute atomic E-state index is 0.993. The normalized spacial score (nSPS) is 12.0. The quantitative estimate of drug-likeness (QED) is 0.153. The average Bonchev–Trinajstić information content (AvgIpc) is 3.51. The number of aromatic nitrogens is 3. The Morgan fingerprint density at radius 3 is 1.93 bits per heavy atom. The third-order valence-electron chi connectivity index (χ3n) is 9.31. The van der Waals surface area contributed by atoms with Crippen molar-refractivity contribution in [3.63, 3.8) is 0 Å². The van der Waals surface area contributed by atoms with Crippen molar-refractivity contribution >= 4 is 70.9 Å². The molecule has 0 spiro atoms. The van der Waals surface area contributed by atoms with E-state index in [2.05, 4.69) is 156 Å². The Balaban J connectivity index is 1.21. The summed E-state index contributed by atoms with van der Waals surface area (Å²) in [6.45, 7) is 0. The van der Waals surface area contributed by atoms with Gasteiger partial charge in [-0.05, 0) is 80.9 Å². The highest BCUT2D eigenvalue weighted by Gasteiger charge is 2.15. The molecule has 0 aliphatic rings. The van der Waals surface area contributed by atoms with Gasteiger partial charge in [0, 0.05) is 21.5 Å². The Morgan fingerprint density at radius 1 is 0.356 bits per heavy atom. The molecular formula is C42H25N3. The molecule has 7 aromatic carbocycles. The van der Waals surface area contributed by atoms with Gasteiger partial charge in [0.1, 0.15) is 5.65 Å². The van der Waals surface area contributed by atoms with Crippen LogP contribution in [-0.2, 0) is 0 Å². The second-order valence-corrected chi connectivity index (χ2v) is 11.8. The van der Waals surface area contributed by atoms with Gasteiger partial charge in [-0.1, -0.05) is 109 Å². The Kier molecular flexibility index (Phi) is 5.00. The average molecular weight is 572 g/mol. The predicted octanol–water partition coefficient (Wildman–Crippen LogP) is 11.0. The van der Waals surface area contributed by atoms with E-state index in [1.54, 1.807) is 0 Å². The standard InChI is InChI=1S/C42H25N3/c1-6-17-37-29(10-1)23-36-31-14-3-2-13-30(31)35(25-39(36)43-37)28-12-9-11-26(22-28)27-20-21-33-32-15-4-5-16-34(32)42-44-38-18-7-8-19-40(38)45(42)41(33)24-27/h1-25H. The van der Waals surface area contributed by atoms with Crippen LogP contribution in [0.15, 0.2) is 152 Å². The topological polar surface area (TPSA) is 30.2 Å². The highest BCUT2D eigenvalue weighted by molar-refractivity contribution is 6.16. The molecule has 0 amide bonds. The Hall–Kier alpha value is -6.06. The SMILES string of the molecule is c1cc(-c2ccc3c4ccccc4c4nc5ccccc5n4c3c2)cc(-c2cc3nc4ccccc4cc3c3ccccc23)c1. The van der Waals surface area contributed by atoms with E-state index >= 15 is 0 Å². The number of fused-ring (bicyclic) bond motifs is 12. The Labute approximate surface area is 258 Å². The van der Waals surface area contributed by atoms with E-state index in [9.17, 15) is 0 Å². The maximum atomic E-state index is 5.09. The first-order valence-corrected chi connectivity index (χ1v) is 15.3. The van der Waals surface area contributed by atoms with Gasteiger partial charge in [-0.15, -0.1) is 0 Å². The lowest BCUT2D eigenvalue weighted by Crippen LogP contribution is -1.92. The molecular weight excluding hydrogens is 546 g/mol. The van der Waals surface area contributed by atoms with E-state index in [0.29, 0.717) is 0 Å². The van der Waals surface area contributed by atoms with E-state index in [0.717, 1.165) is 38.6 Å². The van der Waals surface area contributed by atoms with Crippen molar-refractivity contribution in [2.24, 2.45) is 0 Å². The second kappa shape index (κ2) is 9.22. The maximum absolute atomic E-state index is 5.09. The lowest BCUT2D eigenvalue weighted by molar-refractivity contribution is 1.31. The zero-order valence-corrected chi connectivity index (χ0v) is 24.3. The molecule has 3 aromatic heterocycles. The number of hydrogen-bond acceptors (Lipinski definition) is 2. The van der Waals surface area contributed by atoms with Crippen LogP contribution < -0.4 is 0 Å². The van der Waals surface area contributed by atoms with Crippen molar-refractivity contribution < 1.29 is 0 Å². The number of para-hydroxylation sites is 3. The highest BCUT2D eigenvalue weighted by Crippen LogP contribution is 2.38. The molecule has 3 heterocycles. The molecule has 45 heavy (non-hydrogen) atoms. The third-order valence-corrected chi connectivity index (χ3v) is 9.31. The van der Waals surface area contributed by atoms with Crippen molar-refractivity contribution in [2.75, 3.05) is 0 Å². The van der Waals surface area contributed by atoms with Gasteiger partial charge in [0.05, 0.1) is 27.6 Å². The first-order chi connectivity index (χ1) is 22.3. The number of rotatable bonds is 2. The fourth-order valence-corrected chi connectivity index (χ4v) is 7.22. The van der Waals surface area contributed by atoms with Crippen LogP contribution in [0.2, 0.25) is 0 Å². The van der Waals surface area contributed by atoms with E-state index < -0.39 is 0 Å². The fraction of sp³-hybridized carbons (Fsp3) is 0. The van der Waals surface area contributed by atoms with Crippen LogP contribution in [0.25, 0.3) is 93.2 Å². The van der Waals surface area contributed by atoms with Gasteiger partial charge in [-0.2, -0.15) is 0 Å². The maximum Gasteiger partial charge on any atom is 0.146 e. The predicted molar refractivity (Wildman–Crippen MR) is 189 cm³/mol. The van der Waals surface area contributed by atoms with Crippen LogP contribution >= 0.6 is 0 Å². The highest BCUT2D eigenvalue weighted by atomic mass is 15.0. The third kappa shape index (κ3) is 3.58. The first-order valence-electron chi connectivity index (χ1n) is 15.3. The van der Waals surface area contributed by atoms with Gasteiger partial charge in [-0.25, -0.2) is 9.97 Å². The van der Waals surface area contributed by atoms with Gasteiger partial charge in [0.15, 0.2) is 0 Å². The van der Waals surface area contributed by atoms with Crippen LogP contribution in [-0.4, -0.2) is 14.4 Å². The zero-order valence-electron chi connectivity index (χ0n) is 24.3. The summed E-state index contributed by atoms with van der Waals surface area (Å²) >= 11 is 0. The summed E-state index contributed by atoms with van der Waals surface area (Å²) in [6, 6.07) is 54.4. The van der Waals surface area contributed by atoms with Crippen molar-refractivity contribution in [2.45, 2.75) is 0 Å². The summed E-state index contributed by atoms with van der Waals surface area (Å²) in [4.78, 5) is 10.2. The summed E-state index contributed by atoms with van der Waals surface area (Å²) in [6.07, 6.45) is 0. The van der Waals surface area contributed by atoms with Crippen molar-refractivity contribution in [3.05, 3.63) is 152 Å². The van der Waals surface area contributed by atoms with Crippen molar-refractivity contribution in [1.82, 2.24) is 14.4 Å². The zero-order chi connectivity index (χ0) is 29.5. The van der Waals surface area contributed by atoms with Gasteiger partial charge >= 0.3 is 0 Å². The molecule has 0 fully saturated rings. The molecule has 0 bridgehead atoms. The molecule has 10 rings (SSSR count). The molecule has 0 atom stereocenters. The number of nitrogens with zero attached hydrogens (tertiary/aromatic N) is 3. The smallest absolute Gasteiger partial charge is 0.146 e. The fourth-order valence-electron chi connectivity index (χ4n) is 7.22. The van der Waals surface area contributed by atoms with Gasteiger partial charge in [0.25, 0.3) is 0 Å². The van der Waals surface area contributed by atoms with E-state index in [4.69, 9.17) is 9.97 Å². The van der Waals surface area contributed by atoms with Crippen LogP contribution in [0.5, 0.6) is 0 Å². The molecule has 0 aliphatic carbocycles. The van der Waals surface area contributed by atoms with Crippen LogP contribution in [0.3, 0.4) is 0 Å². The van der Waals surface area contributed by atoms with Crippen molar-refractivity contribution in [1.29, 1.82) is 0 Å². The minimum Gasteiger partial charge on any atom is -0.292 e. The number of pyridine rings is 2. The summed E-state index contributed by atoms with van der Waals surface area (Å²) in [7, 11) is 0. The van der Waals surface area contributed by atoms with Gasteiger partial charge < -0.3 is 0 Å². The number of hydrogen-bond donors (Lipinski definition) is 0. The number of benzene rings is 7. The molecule has 3 nitrogen and oxygen atoms in total. The summed E-state index contributed by atoms with van der Waals surface area (Å²) < 4.78 is 2.33. The van der Waals surface area contributed by atoms with E-state index in [-0.39, 0.29) is 0 Å². The van der Waals surface area contributed by atoms with Crippen LogP contribution in [0.4, 0.5) is 0 Å². The largest absolute Gasteiger partial charge is 0.292 e. The second-order valence-electron chi connectivity index (χ2n) is 11.8. The Morgan fingerprint density at radius 2 is 1.04 bits per heavy atom. The van der Waals surface area contributed by atoms with E-state index in [1.165, 1.54) is 54.6 Å². The lowest BCUT2D eigenvalue weighted by Gasteiger charge is -2.14. The van der Waals surface area contributed by atoms with Crippen LogP contribution in [0, 0.1) is 0 Å². The summed E-state index contributed by atoms with van der Waals surface area (Å²) in [5.74, 6) is 0. The minimum atomic E-state index is 0.993. The molecule has 10 aromatic rings. The summed E-state index contributed by atoms with van der Waals surface area (Å²) in [5.41, 5.74) is 11.0. The Bertz CT molecular complexity index is 2820. The molecule has 0 saturated heterocycles. The monoisotopic (exact) mass is 571 g/mol. The number of imidazole rings is 1. The molecule has 0 radical (unpaired) electrons. The lowest BCUT2D eigenvalue weighted by atomic mass is 9.92.